The molecule has 2 aromatic rings. The first kappa shape index (κ1) is 11.7. The van der Waals surface area contributed by atoms with Gasteiger partial charge in [0.2, 0.25) is 0 Å². The zero-order valence-electron chi connectivity index (χ0n) is 9.21. The molecule has 0 radical (unpaired) electrons. The monoisotopic (exact) mass is 250 g/mol. The molecule has 0 spiro atoms. The van der Waals surface area contributed by atoms with Gasteiger partial charge in [0, 0.05) is 22.7 Å². The first-order valence-electron chi connectivity index (χ1n) is 5.13. The van der Waals surface area contributed by atoms with E-state index >= 15 is 0 Å². The number of hydrogen-bond donors (Lipinski definition) is 2. The van der Waals surface area contributed by atoms with Crippen molar-refractivity contribution in [3.8, 4) is 0 Å². The van der Waals surface area contributed by atoms with Crippen LogP contribution >= 0.6 is 11.6 Å². The van der Waals surface area contributed by atoms with Crippen LogP contribution in [0.2, 0.25) is 5.02 Å². The zero-order valence-corrected chi connectivity index (χ0v) is 9.97. The highest BCUT2D eigenvalue weighted by molar-refractivity contribution is 6.31. The standard InChI is InChI=1S/C12H11ClN2O2/c1-7-9(11(16)15-12(17)14-7)6-8-4-2-3-5-10(8)13/h2-5H,6H2,1H3,(H2,14,15,16,17). The molecule has 17 heavy (non-hydrogen) atoms. The van der Waals surface area contributed by atoms with Crippen LogP contribution in [0.3, 0.4) is 0 Å². The van der Waals surface area contributed by atoms with E-state index in [1.807, 2.05) is 18.2 Å². The van der Waals surface area contributed by atoms with E-state index in [4.69, 9.17) is 11.6 Å². The van der Waals surface area contributed by atoms with Crippen LogP contribution in [0.25, 0.3) is 0 Å². The number of hydrogen-bond acceptors (Lipinski definition) is 2. The molecule has 0 saturated carbocycles. The summed E-state index contributed by atoms with van der Waals surface area (Å²) >= 11 is 6.03. The van der Waals surface area contributed by atoms with Crippen molar-refractivity contribution in [2.24, 2.45) is 0 Å². The third kappa shape index (κ3) is 2.47. The van der Waals surface area contributed by atoms with E-state index in [1.165, 1.54) is 0 Å². The zero-order chi connectivity index (χ0) is 12.4. The molecule has 88 valence electrons. The Morgan fingerprint density at radius 3 is 2.53 bits per heavy atom. The topological polar surface area (TPSA) is 65.7 Å². The number of aryl methyl sites for hydroxylation is 1. The largest absolute Gasteiger partial charge is 0.325 e. The Hall–Kier alpha value is -1.81. The normalized spacial score (nSPS) is 10.5. The second-order valence-corrected chi connectivity index (χ2v) is 4.19. The maximum atomic E-state index is 11.7. The molecule has 0 amide bonds. The lowest BCUT2D eigenvalue weighted by Crippen LogP contribution is -2.27. The maximum absolute atomic E-state index is 11.7. The van der Waals surface area contributed by atoms with Gasteiger partial charge in [0.25, 0.3) is 5.56 Å². The van der Waals surface area contributed by atoms with Gasteiger partial charge in [-0.05, 0) is 18.6 Å². The van der Waals surface area contributed by atoms with E-state index in [0.29, 0.717) is 22.7 Å². The van der Waals surface area contributed by atoms with Gasteiger partial charge in [-0.25, -0.2) is 4.79 Å². The van der Waals surface area contributed by atoms with Crippen molar-refractivity contribution in [2.75, 3.05) is 0 Å². The van der Waals surface area contributed by atoms with Crippen molar-refractivity contribution >= 4 is 11.6 Å². The van der Waals surface area contributed by atoms with E-state index in [9.17, 15) is 9.59 Å². The van der Waals surface area contributed by atoms with Crippen LogP contribution in [-0.4, -0.2) is 9.97 Å². The van der Waals surface area contributed by atoms with Crippen LogP contribution in [-0.2, 0) is 6.42 Å². The third-order valence-electron chi connectivity index (χ3n) is 2.58. The van der Waals surface area contributed by atoms with Gasteiger partial charge in [-0.1, -0.05) is 29.8 Å². The Bertz CT molecular complexity index is 658. The van der Waals surface area contributed by atoms with Crippen LogP contribution in [0, 0.1) is 6.92 Å². The Balaban J connectivity index is 2.48. The molecule has 0 unspecified atom stereocenters. The number of nitrogens with one attached hydrogen (secondary N) is 2. The number of halogens is 1. The van der Waals surface area contributed by atoms with Crippen molar-refractivity contribution in [2.45, 2.75) is 13.3 Å². The minimum atomic E-state index is -0.490. The van der Waals surface area contributed by atoms with Crippen LogP contribution in [0.4, 0.5) is 0 Å². The summed E-state index contributed by atoms with van der Waals surface area (Å²) in [5.74, 6) is 0. The molecule has 0 fully saturated rings. The summed E-state index contributed by atoms with van der Waals surface area (Å²) in [4.78, 5) is 27.5. The summed E-state index contributed by atoms with van der Waals surface area (Å²) in [6, 6.07) is 7.31. The maximum Gasteiger partial charge on any atom is 0.325 e. The molecule has 0 aliphatic heterocycles. The van der Waals surface area contributed by atoms with Crippen molar-refractivity contribution < 1.29 is 0 Å². The molecule has 0 aliphatic carbocycles. The van der Waals surface area contributed by atoms with E-state index in [2.05, 4.69) is 9.97 Å². The number of aromatic nitrogens is 2. The van der Waals surface area contributed by atoms with Gasteiger partial charge in [0.05, 0.1) is 0 Å². The molecular weight excluding hydrogens is 240 g/mol. The first-order valence-corrected chi connectivity index (χ1v) is 5.51. The SMILES string of the molecule is Cc1[nH]c(=O)[nH]c(=O)c1Cc1ccccc1Cl. The summed E-state index contributed by atoms with van der Waals surface area (Å²) in [6.45, 7) is 1.70. The predicted molar refractivity (Wildman–Crippen MR) is 66.7 cm³/mol. The minimum absolute atomic E-state index is 0.369. The Morgan fingerprint density at radius 1 is 1.18 bits per heavy atom. The summed E-state index contributed by atoms with van der Waals surface area (Å²) < 4.78 is 0. The van der Waals surface area contributed by atoms with Crippen LogP contribution in [0.5, 0.6) is 0 Å². The minimum Gasteiger partial charge on any atom is -0.311 e. The Kier molecular flexibility index (Phi) is 3.15. The van der Waals surface area contributed by atoms with Crippen molar-refractivity contribution in [3.05, 3.63) is 66.9 Å². The molecule has 1 heterocycles. The molecule has 0 saturated heterocycles. The number of H-pyrrole nitrogens is 2. The Labute approximate surface area is 102 Å². The predicted octanol–water partition coefficient (Wildman–Crippen LogP) is 1.62. The lowest BCUT2D eigenvalue weighted by Gasteiger charge is -2.05. The second-order valence-electron chi connectivity index (χ2n) is 3.78. The van der Waals surface area contributed by atoms with E-state index < -0.39 is 5.69 Å². The highest BCUT2D eigenvalue weighted by Gasteiger charge is 2.08. The van der Waals surface area contributed by atoms with Crippen LogP contribution in [0.15, 0.2) is 33.9 Å². The fraction of sp³-hybridized carbons (Fsp3) is 0.167. The van der Waals surface area contributed by atoms with Crippen LogP contribution in [0.1, 0.15) is 16.8 Å². The average Bonchev–Trinajstić information content (AvgIpc) is 2.25. The molecule has 2 rings (SSSR count). The summed E-state index contributed by atoms with van der Waals surface area (Å²) in [5, 5.41) is 0.609. The quantitative estimate of drug-likeness (QED) is 0.851. The second kappa shape index (κ2) is 4.59. The van der Waals surface area contributed by atoms with Crippen molar-refractivity contribution in [3.63, 3.8) is 0 Å². The van der Waals surface area contributed by atoms with Gasteiger partial charge >= 0.3 is 5.69 Å². The van der Waals surface area contributed by atoms with Gasteiger partial charge in [0.1, 0.15) is 0 Å². The fourth-order valence-corrected chi connectivity index (χ4v) is 1.87. The molecular formula is C12H11ClN2O2. The fourth-order valence-electron chi connectivity index (χ4n) is 1.67. The summed E-state index contributed by atoms with van der Waals surface area (Å²) in [5.41, 5.74) is 1.09. The third-order valence-corrected chi connectivity index (χ3v) is 2.95. The molecule has 1 aromatic carbocycles. The number of rotatable bonds is 2. The van der Waals surface area contributed by atoms with Crippen LogP contribution < -0.4 is 11.2 Å². The average molecular weight is 251 g/mol. The molecule has 2 N–H and O–H groups in total. The van der Waals surface area contributed by atoms with Gasteiger partial charge < -0.3 is 4.98 Å². The molecule has 0 atom stereocenters. The van der Waals surface area contributed by atoms with E-state index in [1.54, 1.807) is 13.0 Å². The van der Waals surface area contributed by atoms with Crippen molar-refractivity contribution in [1.29, 1.82) is 0 Å². The van der Waals surface area contributed by atoms with Crippen molar-refractivity contribution in [1.82, 2.24) is 9.97 Å². The highest BCUT2D eigenvalue weighted by Crippen LogP contribution is 2.17. The highest BCUT2D eigenvalue weighted by atomic mass is 35.5. The summed E-state index contributed by atoms with van der Waals surface area (Å²) in [6.07, 6.45) is 0.400. The molecule has 5 heteroatoms. The van der Waals surface area contributed by atoms with Gasteiger partial charge in [-0.3, -0.25) is 9.78 Å². The first-order chi connectivity index (χ1) is 8.08. The van der Waals surface area contributed by atoms with E-state index in [-0.39, 0.29) is 5.56 Å². The lowest BCUT2D eigenvalue weighted by atomic mass is 10.1. The van der Waals surface area contributed by atoms with Gasteiger partial charge in [-0.2, -0.15) is 0 Å². The molecule has 0 aliphatic rings. The Morgan fingerprint density at radius 2 is 1.88 bits per heavy atom. The van der Waals surface area contributed by atoms with E-state index in [0.717, 1.165) is 5.56 Å². The lowest BCUT2D eigenvalue weighted by molar-refractivity contribution is 0.934. The smallest absolute Gasteiger partial charge is 0.311 e. The number of aromatic amines is 2. The van der Waals surface area contributed by atoms with Gasteiger partial charge in [-0.15, -0.1) is 0 Å². The molecule has 1 aromatic heterocycles. The summed E-state index contributed by atoms with van der Waals surface area (Å²) in [7, 11) is 0. The molecule has 4 nitrogen and oxygen atoms in total. The van der Waals surface area contributed by atoms with Gasteiger partial charge in [0.15, 0.2) is 0 Å². The number of benzene rings is 1. The molecule has 0 bridgehead atoms.